The van der Waals surface area contributed by atoms with E-state index in [0.717, 1.165) is 29.2 Å². The highest BCUT2D eigenvalue weighted by Crippen LogP contribution is 2.38. The molecule has 1 amide bonds. The monoisotopic (exact) mass is 526 g/mol. The van der Waals surface area contributed by atoms with Crippen molar-refractivity contribution in [3.05, 3.63) is 138 Å². The van der Waals surface area contributed by atoms with Crippen molar-refractivity contribution >= 4 is 34.5 Å². The normalized spacial score (nSPS) is 13.4. The molecule has 40 heavy (non-hydrogen) atoms. The van der Waals surface area contributed by atoms with Crippen LogP contribution in [-0.4, -0.2) is 28.5 Å². The number of rotatable bonds is 7. The van der Waals surface area contributed by atoms with E-state index in [9.17, 15) is 9.59 Å². The van der Waals surface area contributed by atoms with E-state index in [0.29, 0.717) is 28.1 Å². The van der Waals surface area contributed by atoms with Gasteiger partial charge in [-0.15, -0.1) is 0 Å². The van der Waals surface area contributed by atoms with Crippen molar-refractivity contribution in [2.45, 2.75) is 6.54 Å². The summed E-state index contributed by atoms with van der Waals surface area (Å²) in [7, 11) is 1.33. The Hall–Kier alpha value is -5.43. The number of ether oxygens (including phenoxy) is 1. The summed E-state index contributed by atoms with van der Waals surface area (Å²) < 4.78 is 6.96. The van der Waals surface area contributed by atoms with Crippen LogP contribution in [-0.2, 0) is 16.1 Å². The van der Waals surface area contributed by atoms with Crippen LogP contribution in [0, 0.1) is 0 Å². The Labute approximate surface area is 231 Å². The molecule has 6 rings (SSSR count). The molecule has 2 N–H and O–H groups in total. The summed E-state index contributed by atoms with van der Waals surface area (Å²) in [6.07, 6.45) is 3.79. The number of carbonyl (C=O) groups excluding carboxylic acids is 2. The predicted molar refractivity (Wildman–Crippen MR) is 156 cm³/mol. The minimum atomic E-state index is -0.458. The first-order chi connectivity index (χ1) is 19.6. The molecule has 0 unspecified atom stereocenters. The summed E-state index contributed by atoms with van der Waals surface area (Å²) in [5.74, 6) is 0.172. The summed E-state index contributed by atoms with van der Waals surface area (Å²) in [5, 5.41) is 6.39. The van der Waals surface area contributed by atoms with E-state index in [2.05, 4.69) is 32.3 Å². The van der Waals surface area contributed by atoms with Gasteiger partial charge in [0.2, 0.25) is 0 Å². The molecule has 0 saturated carbocycles. The molecular weight excluding hydrogens is 500 g/mol. The van der Waals surface area contributed by atoms with Gasteiger partial charge in [0.15, 0.2) is 0 Å². The number of methoxy groups -OCH3 is 1. The van der Waals surface area contributed by atoms with Gasteiger partial charge in [-0.2, -0.15) is 0 Å². The summed E-state index contributed by atoms with van der Waals surface area (Å²) >= 11 is 0. The van der Waals surface area contributed by atoms with Crippen LogP contribution in [0.2, 0.25) is 0 Å². The molecule has 0 spiro atoms. The lowest BCUT2D eigenvalue weighted by atomic mass is 9.99. The van der Waals surface area contributed by atoms with Gasteiger partial charge in [0, 0.05) is 35.8 Å². The Bertz CT molecular complexity index is 1720. The molecule has 0 radical (unpaired) electrons. The summed E-state index contributed by atoms with van der Waals surface area (Å²) in [6.45, 7) is 0.729. The minimum Gasteiger partial charge on any atom is -0.465 e. The molecule has 7 nitrogen and oxygen atoms in total. The highest BCUT2D eigenvalue weighted by Gasteiger charge is 2.29. The van der Waals surface area contributed by atoms with Gasteiger partial charge in [-0.3, -0.25) is 4.79 Å². The first kappa shape index (κ1) is 24.9. The molecule has 7 heteroatoms. The zero-order valence-corrected chi connectivity index (χ0v) is 21.8. The molecule has 2 heterocycles. The molecule has 1 aromatic heterocycles. The standard InChI is InChI=1S/C33H26N4O3/c1-40-33(39)25-14-17-27-28(20-25)36-32(38)29(27)30(23-10-6-3-7-11-23)35-26-15-12-24(13-16-26)31-34-18-19-37(31)21-22-8-4-2-5-9-22/h2-20,35H,21H2,1H3,(H,36,38). The van der Waals surface area contributed by atoms with Gasteiger partial charge in [-0.25, -0.2) is 9.78 Å². The number of fused-ring (bicyclic) bond motifs is 1. The first-order valence-corrected chi connectivity index (χ1v) is 12.9. The van der Waals surface area contributed by atoms with E-state index in [4.69, 9.17) is 4.74 Å². The van der Waals surface area contributed by atoms with Crippen molar-refractivity contribution in [3.8, 4) is 11.4 Å². The molecule has 196 valence electrons. The molecule has 1 aliphatic heterocycles. The SMILES string of the molecule is COC(=O)c1ccc2c(c1)NC(=O)C2=C(Nc1ccc(-c2nccn2Cc2ccccc2)cc1)c1ccccc1. The summed E-state index contributed by atoms with van der Waals surface area (Å²) in [4.78, 5) is 29.9. The fraction of sp³-hybridized carbons (Fsp3) is 0.0606. The molecular formula is C33H26N4O3. The molecule has 0 aliphatic carbocycles. The number of nitrogens with zero attached hydrogens (tertiary/aromatic N) is 2. The van der Waals surface area contributed by atoms with Gasteiger partial charge in [0.1, 0.15) is 5.82 Å². The zero-order chi connectivity index (χ0) is 27.5. The number of esters is 1. The lowest BCUT2D eigenvalue weighted by Crippen LogP contribution is -2.10. The Morgan fingerprint density at radius 1 is 0.900 bits per heavy atom. The number of nitrogens with one attached hydrogen (secondary N) is 2. The van der Waals surface area contributed by atoms with E-state index < -0.39 is 5.97 Å². The van der Waals surface area contributed by atoms with E-state index in [1.807, 2.05) is 85.2 Å². The van der Waals surface area contributed by atoms with Crippen LogP contribution in [0.3, 0.4) is 0 Å². The van der Waals surface area contributed by atoms with Crippen LogP contribution >= 0.6 is 0 Å². The maximum Gasteiger partial charge on any atom is 0.337 e. The van der Waals surface area contributed by atoms with Crippen LogP contribution in [0.25, 0.3) is 22.7 Å². The lowest BCUT2D eigenvalue weighted by Gasteiger charge is -2.15. The van der Waals surface area contributed by atoms with Crippen molar-refractivity contribution in [2.24, 2.45) is 0 Å². The van der Waals surface area contributed by atoms with Crippen molar-refractivity contribution in [3.63, 3.8) is 0 Å². The fourth-order valence-electron chi connectivity index (χ4n) is 4.87. The average Bonchev–Trinajstić information content (AvgIpc) is 3.59. The Morgan fingerprint density at radius 2 is 1.62 bits per heavy atom. The van der Waals surface area contributed by atoms with E-state index in [1.54, 1.807) is 18.2 Å². The second-order valence-corrected chi connectivity index (χ2v) is 9.39. The Balaban J connectivity index is 1.34. The Kier molecular flexibility index (Phi) is 6.68. The zero-order valence-electron chi connectivity index (χ0n) is 21.8. The van der Waals surface area contributed by atoms with Gasteiger partial charge in [0.05, 0.1) is 29.6 Å². The van der Waals surface area contributed by atoms with Gasteiger partial charge >= 0.3 is 5.97 Å². The second kappa shape index (κ2) is 10.7. The molecule has 0 fully saturated rings. The molecule has 4 aromatic carbocycles. The Morgan fingerprint density at radius 3 is 2.35 bits per heavy atom. The number of aromatic nitrogens is 2. The van der Waals surface area contributed by atoms with Crippen molar-refractivity contribution in [1.82, 2.24) is 9.55 Å². The van der Waals surface area contributed by atoms with Gasteiger partial charge in [0.25, 0.3) is 5.91 Å². The lowest BCUT2D eigenvalue weighted by molar-refractivity contribution is -0.110. The number of benzene rings is 4. The maximum absolute atomic E-state index is 13.2. The van der Waals surface area contributed by atoms with Crippen molar-refractivity contribution in [1.29, 1.82) is 0 Å². The third kappa shape index (κ3) is 4.88. The van der Waals surface area contributed by atoms with Crippen molar-refractivity contribution in [2.75, 3.05) is 17.7 Å². The van der Waals surface area contributed by atoms with Crippen LogP contribution in [0.5, 0.6) is 0 Å². The topological polar surface area (TPSA) is 85.2 Å². The smallest absolute Gasteiger partial charge is 0.337 e. The maximum atomic E-state index is 13.2. The van der Waals surface area contributed by atoms with Gasteiger partial charge in [-0.1, -0.05) is 66.7 Å². The number of anilines is 2. The number of imidazole rings is 1. The number of hydrogen-bond acceptors (Lipinski definition) is 5. The van der Waals surface area contributed by atoms with Crippen LogP contribution < -0.4 is 10.6 Å². The third-order valence-electron chi connectivity index (χ3n) is 6.82. The average molecular weight is 527 g/mol. The second-order valence-electron chi connectivity index (χ2n) is 9.39. The van der Waals surface area contributed by atoms with Crippen LogP contribution in [0.15, 0.2) is 116 Å². The predicted octanol–water partition coefficient (Wildman–Crippen LogP) is 6.32. The molecule has 5 aromatic rings. The van der Waals surface area contributed by atoms with Gasteiger partial charge in [-0.05, 0) is 47.5 Å². The largest absolute Gasteiger partial charge is 0.465 e. The summed E-state index contributed by atoms with van der Waals surface area (Å²) in [6, 6.07) is 33.1. The quantitative estimate of drug-likeness (QED) is 0.192. The molecule has 1 aliphatic rings. The van der Waals surface area contributed by atoms with E-state index >= 15 is 0 Å². The third-order valence-corrected chi connectivity index (χ3v) is 6.82. The minimum absolute atomic E-state index is 0.247. The van der Waals surface area contributed by atoms with E-state index in [-0.39, 0.29) is 5.91 Å². The van der Waals surface area contributed by atoms with E-state index in [1.165, 1.54) is 12.7 Å². The molecule has 0 saturated heterocycles. The van der Waals surface area contributed by atoms with Gasteiger partial charge < -0.3 is 19.9 Å². The first-order valence-electron chi connectivity index (χ1n) is 12.9. The van der Waals surface area contributed by atoms with Crippen LogP contribution in [0.1, 0.15) is 27.0 Å². The number of amides is 1. The molecule has 0 bridgehead atoms. The van der Waals surface area contributed by atoms with Crippen LogP contribution in [0.4, 0.5) is 11.4 Å². The highest BCUT2D eigenvalue weighted by molar-refractivity contribution is 6.37. The number of hydrogen-bond donors (Lipinski definition) is 2. The number of carbonyl (C=O) groups is 2. The molecule has 0 atom stereocenters. The summed E-state index contributed by atoms with van der Waals surface area (Å²) in [5.41, 5.74) is 6.69. The highest BCUT2D eigenvalue weighted by atomic mass is 16.5. The van der Waals surface area contributed by atoms with Crippen molar-refractivity contribution < 1.29 is 14.3 Å². The fourth-order valence-corrected chi connectivity index (χ4v) is 4.87.